The Morgan fingerprint density at radius 2 is 1.55 bits per heavy atom. The fourth-order valence-electron chi connectivity index (χ4n) is 3.85. The molecule has 1 aliphatic rings. The fraction of sp³-hybridized carbons (Fsp3) is 1.00. The third kappa shape index (κ3) is 6.13. The van der Waals surface area contributed by atoms with Gasteiger partial charge in [0.05, 0.1) is 0 Å². The Hall–Kier alpha value is -0.0800. The molecule has 20 heavy (non-hydrogen) atoms. The lowest BCUT2D eigenvalue weighted by Crippen LogP contribution is -2.47. The molecule has 0 heterocycles. The number of rotatable bonds is 8. The van der Waals surface area contributed by atoms with Crippen LogP contribution in [0.1, 0.15) is 60.3 Å². The summed E-state index contributed by atoms with van der Waals surface area (Å²) in [6.07, 6.45) is 5.64. The molecule has 1 N–H and O–H groups in total. The van der Waals surface area contributed by atoms with E-state index in [1.54, 1.807) is 0 Å². The van der Waals surface area contributed by atoms with Crippen molar-refractivity contribution in [3.05, 3.63) is 0 Å². The maximum atomic E-state index is 3.48. The molecule has 1 rings (SSSR count). The lowest BCUT2D eigenvalue weighted by atomic mass is 9.70. The minimum Gasteiger partial charge on any atom is -0.319 e. The predicted molar refractivity (Wildman–Crippen MR) is 90.1 cm³/mol. The van der Waals surface area contributed by atoms with Gasteiger partial charge in [0.15, 0.2) is 0 Å². The summed E-state index contributed by atoms with van der Waals surface area (Å²) in [5.41, 5.74) is 0.519. The minimum atomic E-state index is 0.519. The molecule has 0 unspecified atom stereocenters. The number of hydrogen-bond acceptors (Lipinski definition) is 2. The third-order valence-electron chi connectivity index (χ3n) is 4.69. The standard InChI is InChI=1S/C18H38N2/c1-15(2)11-20(12-16(3)4)14-18(13-19-6)9-7-17(5)8-10-18/h15-17,19H,7-14H2,1-6H3. The van der Waals surface area contributed by atoms with Gasteiger partial charge in [-0.25, -0.2) is 0 Å². The van der Waals surface area contributed by atoms with Crippen LogP contribution in [0.2, 0.25) is 0 Å². The fourth-order valence-corrected chi connectivity index (χ4v) is 3.85. The largest absolute Gasteiger partial charge is 0.319 e. The number of nitrogens with zero attached hydrogens (tertiary/aromatic N) is 1. The van der Waals surface area contributed by atoms with Gasteiger partial charge >= 0.3 is 0 Å². The van der Waals surface area contributed by atoms with Crippen LogP contribution in [0, 0.1) is 23.2 Å². The molecule has 1 aliphatic carbocycles. The summed E-state index contributed by atoms with van der Waals surface area (Å²) in [5.74, 6) is 2.47. The maximum absolute atomic E-state index is 3.48. The summed E-state index contributed by atoms with van der Waals surface area (Å²) in [6, 6.07) is 0. The van der Waals surface area contributed by atoms with Crippen LogP contribution in [-0.2, 0) is 0 Å². The highest BCUT2D eigenvalue weighted by Crippen LogP contribution is 2.39. The van der Waals surface area contributed by atoms with Gasteiger partial charge in [-0.2, -0.15) is 0 Å². The number of hydrogen-bond donors (Lipinski definition) is 1. The van der Waals surface area contributed by atoms with Crippen molar-refractivity contribution in [2.75, 3.05) is 33.2 Å². The van der Waals surface area contributed by atoms with Crippen molar-refractivity contribution < 1.29 is 0 Å². The van der Waals surface area contributed by atoms with Crippen molar-refractivity contribution >= 4 is 0 Å². The molecular weight excluding hydrogens is 244 g/mol. The van der Waals surface area contributed by atoms with Crippen LogP contribution in [0.4, 0.5) is 0 Å². The summed E-state index contributed by atoms with van der Waals surface area (Å²) >= 11 is 0. The van der Waals surface area contributed by atoms with Crippen LogP contribution in [0.5, 0.6) is 0 Å². The first-order valence-electron chi connectivity index (χ1n) is 8.74. The molecule has 0 aromatic carbocycles. The van der Waals surface area contributed by atoms with Gasteiger partial charge in [0.25, 0.3) is 0 Å². The van der Waals surface area contributed by atoms with E-state index in [1.807, 2.05) is 0 Å². The van der Waals surface area contributed by atoms with E-state index in [4.69, 9.17) is 0 Å². The van der Waals surface area contributed by atoms with Crippen LogP contribution in [-0.4, -0.2) is 38.1 Å². The zero-order valence-electron chi connectivity index (χ0n) is 14.8. The molecule has 0 aliphatic heterocycles. The summed E-state index contributed by atoms with van der Waals surface area (Å²) in [6.45, 7) is 16.8. The Balaban J connectivity index is 2.68. The Bertz CT molecular complexity index is 242. The Kier molecular flexibility index (Phi) is 7.53. The molecule has 1 saturated carbocycles. The second kappa shape index (κ2) is 8.38. The summed E-state index contributed by atoms with van der Waals surface area (Å²) in [4.78, 5) is 2.74. The molecular formula is C18H38N2. The maximum Gasteiger partial charge on any atom is 0.00504 e. The second-order valence-electron chi connectivity index (χ2n) is 8.19. The van der Waals surface area contributed by atoms with Crippen molar-refractivity contribution in [2.24, 2.45) is 23.2 Å². The highest BCUT2D eigenvalue weighted by Gasteiger charge is 2.35. The van der Waals surface area contributed by atoms with E-state index in [-0.39, 0.29) is 0 Å². The molecule has 0 bridgehead atoms. The lowest BCUT2D eigenvalue weighted by Gasteiger charge is -2.43. The van der Waals surface area contributed by atoms with Crippen LogP contribution in [0.25, 0.3) is 0 Å². The molecule has 0 radical (unpaired) electrons. The normalized spacial score (nSPS) is 27.8. The van der Waals surface area contributed by atoms with E-state index in [0.717, 1.165) is 17.8 Å². The van der Waals surface area contributed by atoms with Crippen LogP contribution < -0.4 is 5.32 Å². The first-order chi connectivity index (χ1) is 9.37. The first kappa shape index (κ1) is 18.0. The monoisotopic (exact) mass is 282 g/mol. The molecule has 0 atom stereocenters. The molecule has 120 valence electrons. The summed E-state index contributed by atoms with van der Waals surface area (Å²) < 4.78 is 0. The smallest absolute Gasteiger partial charge is 0.00504 e. The van der Waals surface area contributed by atoms with Gasteiger partial charge in [-0.1, -0.05) is 47.5 Å². The minimum absolute atomic E-state index is 0.519. The van der Waals surface area contributed by atoms with Crippen molar-refractivity contribution in [3.63, 3.8) is 0 Å². The topological polar surface area (TPSA) is 15.3 Å². The van der Waals surface area contributed by atoms with Gasteiger partial charge in [0.1, 0.15) is 0 Å². The molecule has 0 aromatic heterocycles. The SMILES string of the molecule is CNCC1(CN(CC(C)C)CC(C)C)CCC(C)CC1. The van der Waals surface area contributed by atoms with Gasteiger partial charge < -0.3 is 10.2 Å². The number of nitrogens with one attached hydrogen (secondary N) is 1. The molecule has 0 aromatic rings. The average Bonchev–Trinajstić information content (AvgIpc) is 2.31. The van der Waals surface area contributed by atoms with Crippen LogP contribution in [0.3, 0.4) is 0 Å². The Morgan fingerprint density at radius 1 is 1.05 bits per heavy atom. The third-order valence-corrected chi connectivity index (χ3v) is 4.69. The molecule has 0 saturated heterocycles. The first-order valence-corrected chi connectivity index (χ1v) is 8.74. The van der Waals surface area contributed by atoms with E-state index in [2.05, 4.69) is 51.9 Å². The zero-order chi connectivity index (χ0) is 15.2. The molecule has 2 heteroatoms. The van der Waals surface area contributed by atoms with Crippen LogP contribution in [0.15, 0.2) is 0 Å². The Morgan fingerprint density at radius 3 is 1.95 bits per heavy atom. The van der Waals surface area contributed by atoms with E-state index in [9.17, 15) is 0 Å². The highest BCUT2D eigenvalue weighted by molar-refractivity contribution is 4.89. The van der Waals surface area contributed by atoms with Crippen molar-refractivity contribution in [2.45, 2.75) is 60.3 Å². The second-order valence-corrected chi connectivity index (χ2v) is 8.19. The summed E-state index contributed by atoms with van der Waals surface area (Å²) in [7, 11) is 2.12. The molecule has 0 amide bonds. The van der Waals surface area contributed by atoms with Gasteiger partial charge in [-0.15, -0.1) is 0 Å². The summed E-state index contributed by atoms with van der Waals surface area (Å²) in [5, 5.41) is 3.48. The van der Waals surface area contributed by atoms with E-state index >= 15 is 0 Å². The van der Waals surface area contributed by atoms with Gasteiger partial charge in [0, 0.05) is 26.2 Å². The van der Waals surface area contributed by atoms with Crippen molar-refractivity contribution in [3.8, 4) is 0 Å². The highest BCUT2D eigenvalue weighted by atomic mass is 15.1. The van der Waals surface area contributed by atoms with Gasteiger partial charge in [-0.05, 0) is 43.1 Å². The van der Waals surface area contributed by atoms with Gasteiger partial charge in [-0.3, -0.25) is 0 Å². The molecule has 1 fully saturated rings. The van der Waals surface area contributed by atoms with Gasteiger partial charge in [0.2, 0.25) is 0 Å². The van der Waals surface area contributed by atoms with E-state index < -0.39 is 0 Å². The lowest BCUT2D eigenvalue weighted by molar-refractivity contribution is 0.0754. The Labute approximate surface area is 127 Å². The quantitative estimate of drug-likeness (QED) is 0.723. The average molecular weight is 283 g/mol. The molecule has 2 nitrogen and oxygen atoms in total. The van der Waals surface area contributed by atoms with Crippen molar-refractivity contribution in [1.82, 2.24) is 10.2 Å². The molecule has 0 spiro atoms. The van der Waals surface area contributed by atoms with E-state index in [1.165, 1.54) is 51.9 Å². The zero-order valence-corrected chi connectivity index (χ0v) is 14.8. The predicted octanol–water partition coefficient (Wildman–Crippen LogP) is 4.02. The van der Waals surface area contributed by atoms with E-state index in [0.29, 0.717) is 5.41 Å². The van der Waals surface area contributed by atoms with Crippen LogP contribution >= 0.6 is 0 Å². The van der Waals surface area contributed by atoms with Crippen molar-refractivity contribution in [1.29, 1.82) is 0 Å².